The lowest BCUT2D eigenvalue weighted by molar-refractivity contribution is 0.177. The van der Waals surface area contributed by atoms with Crippen molar-refractivity contribution >= 4 is 5.96 Å². The molecule has 0 fully saturated rings. The number of fused-ring (bicyclic) bond motifs is 2. The van der Waals surface area contributed by atoms with E-state index in [4.69, 9.17) is 9.47 Å². The van der Waals surface area contributed by atoms with Crippen molar-refractivity contribution in [3.8, 4) is 5.75 Å². The second-order valence-electron chi connectivity index (χ2n) is 7.26. The summed E-state index contributed by atoms with van der Waals surface area (Å²) in [6, 6.07) is 8.57. The van der Waals surface area contributed by atoms with Crippen LogP contribution in [0.15, 0.2) is 29.3 Å². The van der Waals surface area contributed by atoms with Crippen molar-refractivity contribution in [2.45, 2.75) is 44.4 Å². The minimum Gasteiger partial charge on any atom is -0.493 e. The number of methoxy groups -OCH3 is 1. The van der Waals surface area contributed by atoms with Crippen LogP contribution in [0.25, 0.3) is 0 Å². The number of rotatable bonds is 5. The second-order valence-corrected chi connectivity index (χ2v) is 7.26. The molecular weight excluding hydrogens is 356 g/mol. The summed E-state index contributed by atoms with van der Waals surface area (Å²) in [6.45, 7) is 2.83. The molecule has 3 heterocycles. The summed E-state index contributed by atoms with van der Waals surface area (Å²) in [6.07, 6.45) is 2.92. The fraction of sp³-hybridized carbons (Fsp3) is 0.550. The second kappa shape index (κ2) is 8.60. The third kappa shape index (κ3) is 4.11. The predicted molar refractivity (Wildman–Crippen MR) is 107 cm³/mol. The van der Waals surface area contributed by atoms with E-state index in [1.807, 2.05) is 23.9 Å². The zero-order valence-corrected chi connectivity index (χ0v) is 16.5. The highest BCUT2D eigenvalue weighted by Crippen LogP contribution is 2.32. The molecule has 150 valence electrons. The average molecular weight is 384 g/mol. The Morgan fingerprint density at radius 1 is 1.36 bits per heavy atom. The number of aliphatic imine (C=N–C) groups is 1. The molecule has 2 aromatic rings. The van der Waals surface area contributed by atoms with Gasteiger partial charge in [-0.25, -0.2) is 9.67 Å². The Bertz CT molecular complexity index is 834. The number of para-hydroxylation sites is 1. The van der Waals surface area contributed by atoms with Gasteiger partial charge in [-0.1, -0.05) is 18.2 Å². The monoisotopic (exact) mass is 384 g/mol. The summed E-state index contributed by atoms with van der Waals surface area (Å²) in [7, 11) is 3.48. The zero-order chi connectivity index (χ0) is 19.3. The van der Waals surface area contributed by atoms with E-state index in [0.717, 1.165) is 62.3 Å². The van der Waals surface area contributed by atoms with Crippen LogP contribution in [0.1, 0.15) is 36.0 Å². The van der Waals surface area contributed by atoms with E-state index < -0.39 is 0 Å². The zero-order valence-electron chi connectivity index (χ0n) is 16.5. The van der Waals surface area contributed by atoms with Crippen molar-refractivity contribution in [3.05, 3.63) is 41.5 Å². The molecule has 0 saturated carbocycles. The van der Waals surface area contributed by atoms with Crippen molar-refractivity contribution < 1.29 is 9.47 Å². The Kier molecular flexibility index (Phi) is 5.76. The maximum absolute atomic E-state index is 5.76. The molecule has 8 nitrogen and oxygen atoms in total. The summed E-state index contributed by atoms with van der Waals surface area (Å²) in [5.41, 5.74) is 1.27. The normalized spacial score (nSPS) is 21.4. The van der Waals surface area contributed by atoms with E-state index in [1.165, 1.54) is 5.56 Å². The number of aromatic nitrogens is 3. The summed E-state index contributed by atoms with van der Waals surface area (Å²) in [4.78, 5) is 8.95. The maximum atomic E-state index is 5.76. The Labute approximate surface area is 165 Å². The van der Waals surface area contributed by atoms with Crippen molar-refractivity contribution in [2.24, 2.45) is 4.99 Å². The van der Waals surface area contributed by atoms with Crippen LogP contribution in [0, 0.1) is 0 Å². The first-order chi connectivity index (χ1) is 13.8. The Morgan fingerprint density at radius 2 is 2.25 bits per heavy atom. The van der Waals surface area contributed by atoms with Gasteiger partial charge in [0, 0.05) is 39.1 Å². The predicted octanol–water partition coefficient (Wildman–Crippen LogP) is 1.47. The number of nitrogens with zero attached hydrogens (tertiary/aromatic N) is 4. The van der Waals surface area contributed by atoms with Crippen molar-refractivity contribution in [1.29, 1.82) is 0 Å². The Balaban J connectivity index is 1.33. The highest BCUT2D eigenvalue weighted by Gasteiger charge is 2.24. The molecule has 2 N–H and O–H groups in total. The highest BCUT2D eigenvalue weighted by molar-refractivity contribution is 5.80. The van der Waals surface area contributed by atoms with Crippen LogP contribution >= 0.6 is 0 Å². The van der Waals surface area contributed by atoms with E-state index >= 15 is 0 Å². The lowest BCUT2D eigenvalue weighted by Gasteiger charge is -2.28. The smallest absolute Gasteiger partial charge is 0.191 e. The molecule has 0 spiro atoms. The van der Waals surface area contributed by atoms with E-state index in [1.54, 1.807) is 7.11 Å². The fourth-order valence-corrected chi connectivity index (χ4v) is 3.90. The average Bonchev–Trinajstić information content (AvgIpc) is 3.13. The van der Waals surface area contributed by atoms with E-state index in [2.05, 4.69) is 37.8 Å². The summed E-state index contributed by atoms with van der Waals surface area (Å²) in [5, 5.41) is 11.6. The molecule has 2 aliphatic rings. The van der Waals surface area contributed by atoms with Gasteiger partial charge in [0.05, 0.1) is 13.2 Å². The fourth-order valence-electron chi connectivity index (χ4n) is 3.90. The van der Waals surface area contributed by atoms with Crippen molar-refractivity contribution in [1.82, 2.24) is 25.4 Å². The molecule has 2 atom stereocenters. The summed E-state index contributed by atoms with van der Waals surface area (Å²) < 4.78 is 12.9. The third-order valence-corrected chi connectivity index (χ3v) is 5.34. The maximum Gasteiger partial charge on any atom is 0.191 e. The van der Waals surface area contributed by atoms with Gasteiger partial charge >= 0.3 is 0 Å². The molecule has 28 heavy (non-hydrogen) atoms. The molecule has 0 amide bonds. The van der Waals surface area contributed by atoms with Gasteiger partial charge < -0.3 is 20.1 Å². The van der Waals surface area contributed by atoms with Gasteiger partial charge in [-0.3, -0.25) is 4.99 Å². The van der Waals surface area contributed by atoms with Crippen LogP contribution < -0.4 is 15.4 Å². The molecule has 1 aromatic heterocycles. The molecule has 0 saturated heterocycles. The van der Waals surface area contributed by atoms with E-state index in [-0.39, 0.29) is 6.04 Å². The number of ether oxygens (including phenoxy) is 2. The summed E-state index contributed by atoms with van der Waals surface area (Å²) >= 11 is 0. The third-order valence-electron chi connectivity index (χ3n) is 5.34. The van der Waals surface area contributed by atoms with Gasteiger partial charge in [0.25, 0.3) is 0 Å². The molecule has 0 bridgehead atoms. The first-order valence-electron chi connectivity index (χ1n) is 9.87. The van der Waals surface area contributed by atoms with Crippen molar-refractivity contribution in [2.75, 3.05) is 27.3 Å². The molecular formula is C20H28N6O2. The minimum absolute atomic E-state index is 0.276. The quantitative estimate of drug-likeness (QED) is 0.600. The molecule has 1 aromatic carbocycles. The van der Waals surface area contributed by atoms with Crippen LogP contribution in [0.5, 0.6) is 5.75 Å². The Morgan fingerprint density at radius 3 is 3.11 bits per heavy atom. The largest absolute Gasteiger partial charge is 0.493 e. The van der Waals surface area contributed by atoms with Crippen molar-refractivity contribution in [3.63, 3.8) is 0 Å². The van der Waals surface area contributed by atoms with Gasteiger partial charge in [-0.15, -0.1) is 0 Å². The van der Waals surface area contributed by atoms with Gasteiger partial charge in [0.1, 0.15) is 18.2 Å². The summed E-state index contributed by atoms with van der Waals surface area (Å²) in [5.74, 6) is 4.04. The molecule has 2 aliphatic heterocycles. The number of hydrogen-bond donors (Lipinski definition) is 2. The van der Waals surface area contributed by atoms with Crippen LogP contribution in [0.4, 0.5) is 0 Å². The van der Waals surface area contributed by atoms with Gasteiger partial charge in [-0.2, -0.15) is 5.10 Å². The van der Waals surface area contributed by atoms with E-state index in [9.17, 15) is 0 Å². The van der Waals surface area contributed by atoms with Crippen LogP contribution in [-0.2, 0) is 24.3 Å². The molecule has 0 radical (unpaired) electrons. The first-order valence-corrected chi connectivity index (χ1v) is 9.87. The van der Waals surface area contributed by atoms with Crippen LogP contribution in [0.2, 0.25) is 0 Å². The van der Waals surface area contributed by atoms with E-state index in [0.29, 0.717) is 12.5 Å². The van der Waals surface area contributed by atoms with Crippen LogP contribution in [0.3, 0.4) is 0 Å². The topological polar surface area (TPSA) is 85.6 Å². The number of nitrogens with one attached hydrogen (secondary N) is 2. The van der Waals surface area contributed by atoms with Gasteiger partial charge in [0.2, 0.25) is 0 Å². The first kappa shape index (κ1) is 18.7. The minimum atomic E-state index is 0.276. The lowest BCUT2D eigenvalue weighted by Crippen LogP contribution is -2.48. The van der Waals surface area contributed by atoms with Gasteiger partial charge in [0.15, 0.2) is 11.8 Å². The van der Waals surface area contributed by atoms with Gasteiger partial charge in [-0.05, 0) is 24.5 Å². The van der Waals surface area contributed by atoms with Crippen LogP contribution in [-0.4, -0.2) is 54.1 Å². The molecule has 2 unspecified atom stereocenters. The number of hydrogen-bond acceptors (Lipinski definition) is 5. The highest BCUT2D eigenvalue weighted by atomic mass is 16.5. The lowest BCUT2D eigenvalue weighted by atomic mass is 9.93. The molecule has 8 heteroatoms. The molecule has 4 rings (SSSR count). The number of benzene rings is 1. The Hall–Kier alpha value is -2.61. The number of guanidine groups is 1. The molecule has 0 aliphatic carbocycles. The standard InChI is InChI=1S/C20H28N6O2/c1-21-20(22-11-14-9-10-28-17-6-4-3-5-16(14)17)23-15-7-8-19-24-18(13-27-2)25-26(19)12-15/h3-6,14-15H,7-13H2,1-2H3,(H2,21,22,23). The number of aryl methyl sites for hydroxylation is 1. The SMILES string of the molecule is CN=C(NCC1CCOc2ccccc21)NC1CCc2nc(COC)nn2C1.